The van der Waals surface area contributed by atoms with Crippen molar-refractivity contribution in [3.05, 3.63) is 28.8 Å². The summed E-state index contributed by atoms with van der Waals surface area (Å²) in [6, 6.07) is 4.60. The molecule has 17 heavy (non-hydrogen) atoms. The normalized spacial score (nSPS) is 18.4. The molecule has 0 aromatic heterocycles. The maximum Gasteiger partial charge on any atom is 0.258 e. The Labute approximate surface area is 106 Å². The number of carbonyl (C=O) groups is 1. The van der Waals surface area contributed by atoms with Crippen molar-refractivity contribution in [2.75, 3.05) is 6.54 Å². The number of aromatic hydroxyl groups is 1. The quantitative estimate of drug-likeness (QED) is 0.836. The van der Waals surface area contributed by atoms with E-state index in [0.29, 0.717) is 10.6 Å². The fourth-order valence-electron chi connectivity index (χ4n) is 2.31. The number of halogens is 1. The van der Waals surface area contributed by atoms with E-state index in [-0.39, 0.29) is 17.2 Å². The first-order valence-corrected chi connectivity index (χ1v) is 6.10. The first kappa shape index (κ1) is 12.2. The molecular weight excluding hydrogens is 238 g/mol. The lowest BCUT2D eigenvalue weighted by Crippen LogP contribution is -2.42. The van der Waals surface area contributed by atoms with Crippen molar-refractivity contribution in [1.82, 2.24) is 4.90 Å². The van der Waals surface area contributed by atoms with Crippen molar-refractivity contribution in [3.8, 4) is 5.75 Å². The SMILES string of the molecule is CC1(C)CCCN1C(=O)c1ccc(Cl)cc1O. The molecule has 0 atom stereocenters. The van der Waals surface area contributed by atoms with Crippen LogP contribution in [0.1, 0.15) is 37.0 Å². The zero-order valence-electron chi connectivity index (χ0n) is 10.0. The smallest absolute Gasteiger partial charge is 0.258 e. The van der Waals surface area contributed by atoms with Gasteiger partial charge >= 0.3 is 0 Å². The zero-order chi connectivity index (χ0) is 12.6. The van der Waals surface area contributed by atoms with Crippen LogP contribution in [-0.4, -0.2) is 28.0 Å². The highest BCUT2D eigenvalue weighted by Crippen LogP contribution is 2.32. The second kappa shape index (κ2) is 4.22. The van der Waals surface area contributed by atoms with Crippen LogP contribution in [0.4, 0.5) is 0 Å². The standard InChI is InChI=1S/C13H16ClNO2/c1-13(2)6-3-7-15(13)12(17)10-5-4-9(14)8-11(10)16/h4-5,8,16H,3,6-7H2,1-2H3. The van der Waals surface area contributed by atoms with Gasteiger partial charge in [0.25, 0.3) is 5.91 Å². The van der Waals surface area contributed by atoms with Crippen LogP contribution in [0, 0.1) is 0 Å². The van der Waals surface area contributed by atoms with Crippen LogP contribution in [-0.2, 0) is 0 Å². The van der Waals surface area contributed by atoms with Crippen LogP contribution in [0.5, 0.6) is 5.75 Å². The molecule has 2 rings (SSSR count). The third kappa shape index (κ3) is 2.25. The van der Waals surface area contributed by atoms with E-state index < -0.39 is 0 Å². The Hall–Kier alpha value is -1.22. The third-order valence-electron chi connectivity index (χ3n) is 3.34. The first-order chi connectivity index (χ1) is 7.92. The molecule has 1 aliphatic rings. The van der Waals surface area contributed by atoms with E-state index in [9.17, 15) is 9.90 Å². The molecular formula is C13H16ClNO2. The molecule has 1 aromatic carbocycles. The summed E-state index contributed by atoms with van der Waals surface area (Å²) >= 11 is 5.75. The average Bonchev–Trinajstić information content (AvgIpc) is 2.57. The van der Waals surface area contributed by atoms with Gasteiger partial charge in [-0.3, -0.25) is 4.79 Å². The monoisotopic (exact) mass is 253 g/mol. The third-order valence-corrected chi connectivity index (χ3v) is 3.57. The molecule has 1 aliphatic heterocycles. The van der Waals surface area contributed by atoms with E-state index in [1.165, 1.54) is 6.07 Å². The van der Waals surface area contributed by atoms with Crippen LogP contribution >= 0.6 is 11.6 Å². The number of benzene rings is 1. The maximum absolute atomic E-state index is 12.3. The molecule has 0 aliphatic carbocycles. The summed E-state index contributed by atoms with van der Waals surface area (Å²) < 4.78 is 0. The molecule has 0 radical (unpaired) electrons. The topological polar surface area (TPSA) is 40.5 Å². The van der Waals surface area contributed by atoms with Crippen LogP contribution in [0.3, 0.4) is 0 Å². The highest BCUT2D eigenvalue weighted by molar-refractivity contribution is 6.30. The second-order valence-corrected chi connectivity index (χ2v) is 5.47. The molecule has 0 saturated carbocycles. The van der Waals surface area contributed by atoms with Crippen molar-refractivity contribution < 1.29 is 9.90 Å². The predicted octanol–water partition coefficient (Wildman–Crippen LogP) is 3.06. The van der Waals surface area contributed by atoms with Gasteiger partial charge in [-0.15, -0.1) is 0 Å². The molecule has 92 valence electrons. The Kier molecular flexibility index (Phi) is 3.04. The lowest BCUT2D eigenvalue weighted by molar-refractivity contribution is 0.0649. The van der Waals surface area contributed by atoms with Gasteiger partial charge in [0.05, 0.1) is 5.56 Å². The summed E-state index contributed by atoms with van der Waals surface area (Å²) in [5, 5.41) is 10.2. The van der Waals surface area contributed by atoms with Crippen LogP contribution in [0.2, 0.25) is 5.02 Å². The fraction of sp³-hybridized carbons (Fsp3) is 0.462. The van der Waals surface area contributed by atoms with E-state index in [1.54, 1.807) is 12.1 Å². The van der Waals surface area contributed by atoms with E-state index in [2.05, 4.69) is 0 Å². The Morgan fingerprint density at radius 1 is 1.47 bits per heavy atom. The van der Waals surface area contributed by atoms with Gasteiger partial charge in [-0.05, 0) is 44.9 Å². The molecule has 1 heterocycles. The predicted molar refractivity (Wildman–Crippen MR) is 67.5 cm³/mol. The largest absolute Gasteiger partial charge is 0.507 e. The maximum atomic E-state index is 12.3. The van der Waals surface area contributed by atoms with Gasteiger partial charge in [0.2, 0.25) is 0 Å². The minimum atomic E-state index is -0.136. The highest BCUT2D eigenvalue weighted by atomic mass is 35.5. The summed E-state index contributed by atoms with van der Waals surface area (Å²) in [7, 11) is 0. The number of nitrogens with zero attached hydrogens (tertiary/aromatic N) is 1. The fourth-order valence-corrected chi connectivity index (χ4v) is 2.48. The summed E-state index contributed by atoms with van der Waals surface area (Å²) in [5.41, 5.74) is 0.188. The van der Waals surface area contributed by atoms with Crippen molar-refractivity contribution in [3.63, 3.8) is 0 Å². The molecule has 0 bridgehead atoms. The number of hydrogen-bond acceptors (Lipinski definition) is 2. The molecule has 4 heteroatoms. The van der Waals surface area contributed by atoms with Gasteiger partial charge in [-0.2, -0.15) is 0 Å². The van der Waals surface area contributed by atoms with Crippen LogP contribution < -0.4 is 0 Å². The summed E-state index contributed by atoms with van der Waals surface area (Å²) in [5.74, 6) is -0.174. The van der Waals surface area contributed by atoms with Gasteiger partial charge in [0, 0.05) is 17.1 Å². The highest BCUT2D eigenvalue weighted by Gasteiger charge is 2.36. The van der Waals surface area contributed by atoms with Crippen molar-refractivity contribution >= 4 is 17.5 Å². The molecule has 0 unspecified atom stereocenters. The van der Waals surface area contributed by atoms with Gasteiger partial charge < -0.3 is 10.0 Å². The summed E-state index contributed by atoms with van der Waals surface area (Å²) in [6.45, 7) is 4.84. The van der Waals surface area contributed by atoms with Crippen molar-refractivity contribution in [1.29, 1.82) is 0 Å². The Balaban J connectivity index is 2.31. The Bertz CT molecular complexity index is 457. The molecule has 0 spiro atoms. The lowest BCUT2D eigenvalue weighted by atomic mass is 10.0. The van der Waals surface area contributed by atoms with Crippen LogP contribution in [0.15, 0.2) is 18.2 Å². The van der Waals surface area contributed by atoms with E-state index in [0.717, 1.165) is 19.4 Å². The molecule has 1 N–H and O–H groups in total. The minimum absolute atomic E-state index is 0.0507. The van der Waals surface area contributed by atoms with Gasteiger partial charge in [-0.25, -0.2) is 0 Å². The minimum Gasteiger partial charge on any atom is -0.507 e. The number of hydrogen-bond donors (Lipinski definition) is 1. The summed E-state index contributed by atoms with van der Waals surface area (Å²) in [4.78, 5) is 14.1. The van der Waals surface area contributed by atoms with Gasteiger partial charge in [-0.1, -0.05) is 11.6 Å². The number of amides is 1. The summed E-state index contributed by atoms with van der Waals surface area (Å²) in [6.07, 6.45) is 2.00. The van der Waals surface area contributed by atoms with Crippen molar-refractivity contribution in [2.45, 2.75) is 32.2 Å². The van der Waals surface area contributed by atoms with Crippen LogP contribution in [0.25, 0.3) is 0 Å². The Morgan fingerprint density at radius 3 is 2.71 bits per heavy atom. The van der Waals surface area contributed by atoms with Gasteiger partial charge in [0.1, 0.15) is 5.75 Å². The molecule has 1 amide bonds. The molecule has 1 saturated heterocycles. The second-order valence-electron chi connectivity index (χ2n) is 5.03. The number of likely N-dealkylation sites (tertiary alicyclic amines) is 1. The van der Waals surface area contributed by atoms with E-state index in [4.69, 9.17) is 11.6 Å². The lowest BCUT2D eigenvalue weighted by Gasteiger charge is -2.31. The van der Waals surface area contributed by atoms with E-state index >= 15 is 0 Å². The van der Waals surface area contributed by atoms with Gasteiger partial charge in [0.15, 0.2) is 0 Å². The van der Waals surface area contributed by atoms with E-state index in [1.807, 2.05) is 18.7 Å². The number of phenols is 1. The number of phenolic OH excluding ortho intramolecular Hbond substituents is 1. The van der Waals surface area contributed by atoms with Crippen molar-refractivity contribution in [2.24, 2.45) is 0 Å². The first-order valence-electron chi connectivity index (χ1n) is 5.72. The average molecular weight is 254 g/mol. The Morgan fingerprint density at radius 2 is 2.18 bits per heavy atom. The molecule has 1 fully saturated rings. The molecule has 3 nitrogen and oxygen atoms in total. The number of rotatable bonds is 1. The molecule has 1 aromatic rings. The number of carbonyl (C=O) groups excluding carboxylic acids is 1. The zero-order valence-corrected chi connectivity index (χ0v) is 10.8.